The van der Waals surface area contributed by atoms with Gasteiger partial charge in [0.25, 0.3) is 0 Å². The molecule has 2 aromatic heterocycles. The first-order chi connectivity index (χ1) is 5.47. The molecule has 0 atom stereocenters. The van der Waals surface area contributed by atoms with Crippen LogP contribution >= 0.6 is 11.5 Å². The Hall–Kier alpha value is -1.29. The Bertz CT molecular complexity index is 317. The van der Waals surface area contributed by atoms with E-state index in [-0.39, 0.29) is 0 Å². The maximum absolute atomic E-state index is 4.13. The van der Waals surface area contributed by atoms with Crippen LogP contribution in [0.3, 0.4) is 0 Å². The average Bonchev–Trinajstić information content (AvgIpc) is 2.58. The Morgan fingerprint density at radius 2 is 2.36 bits per heavy atom. The third kappa shape index (κ3) is 1.25. The van der Waals surface area contributed by atoms with Crippen molar-refractivity contribution in [3.8, 4) is 11.3 Å². The first-order valence-electron chi connectivity index (χ1n) is 3.07. The third-order valence-electron chi connectivity index (χ3n) is 1.25. The quantitative estimate of drug-likeness (QED) is 0.636. The van der Waals surface area contributed by atoms with Crippen molar-refractivity contribution in [2.24, 2.45) is 0 Å². The fourth-order valence-corrected chi connectivity index (χ4v) is 1.28. The number of hydrogen-bond donors (Lipinski definition) is 0. The topological polar surface area (TPSA) is 38.7 Å². The summed E-state index contributed by atoms with van der Waals surface area (Å²) in [6, 6.07) is 3.76. The second-order valence-corrected chi connectivity index (χ2v) is 2.61. The first kappa shape index (κ1) is 6.42. The van der Waals surface area contributed by atoms with Crippen LogP contribution < -0.4 is 0 Å². The summed E-state index contributed by atoms with van der Waals surface area (Å²) in [6.45, 7) is 0. The highest BCUT2D eigenvalue weighted by molar-refractivity contribution is 7.03. The Morgan fingerprint density at radius 3 is 3.00 bits per heavy atom. The molecule has 2 rings (SSSR count). The summed E-state index contributed by atoms with van der Waals surface area (Å²) in [5.41, 5.74) is 1.80. The van der Waals surface area contributed by atoms with E-state index in [4.69, 9.17) is 0 Å². The summed E-state index contributed by atoms with van der Waals surface area (Å²) in [5.74, 6) is 0. The number of hydrogen-bond acceptors (Lipinski definition) is 4. The smallest absolute Gasteiger partial charge is 0.123 e. The molecule has 0 aromatic carbocycles. The largest absolute Gasteiger partial charge is 0.193 e. The molecule has 0 N–H and O–H groups in total. The summed E-state index contributed by atoms with van der Waals surface area (Å²) < 4.78 is 4.13. The minimum Gasteiger partial charge on any atom is -0.193 e. The lowest BCUT2D eigenvalue weighted by Gasteiger charge is -1.89. The van der Waals surface area contributed by atoms with Crippen molar-refractivity contribution in [2.75, 3.05) is 0 Å². The third-order valence-corrected chi connectivity index (χ3v) is 1.81. The molecule has 3 nitrogen and oxygen atoms in total. The Labute approximate surface area is 67.9 Å². The van der Waals surface area contributed by atoms with Crippen LogP contribution in [0.25, 0.3) is 11.3 Å². The van der Waals surface area contributed by atoms with Crippen LogP contribution in [0, 0.1) is 6.20 Å². The van der Waals surface area contributed by atoms with Crippen molar-refractivity contribution in [3.63, 3.8) is 0 Å². The van der Waals surface area contributed by atoms with Gasteiger partial charge in [0, 0.05) is 10.9 Å². The molecule has 0 saturated carbocycles. The average molecular weight is 162 g/mol. The number of nitrogens with zero attached hydrogens (tertiary/aromatic N) is 3. The normalized spacial score (nSPS) is 9.82. The van der Waals surface area contributed by atoms with Gasteiger partial charge in [-0.1, -0.05) is 0 Å². The van der Waals surface area contributed by atoms with Gasteiger partial charge in [0.1, 0.15) is 6.20 Å². The minimum absolute atomic E-state index is 0.890. The lowest BCUT2D eigenvalue weighted by molar-refractivity contribution is 1.02. The monoisotopic (exact) mass is 162 g/mol. The zero-order chi connectivity index (χ0) is 7.52. The molecule has 0 aliphatic heterocycles. The second kappa shape index (κ2) is 2.75. The predicted molar refractivity (Wildman–Crippen MR) is 42.0 cm³/mol. The van der Waals surface area contributed by atoms with Crippen molar-refractivity contribution in [3.05, 3.63) is 29.9 Å². The summed E-state index contributed by atoms with van der Waals surface area (Å²) in [4.78, 5) is 0. The highest BCUT2D eigenvalue weighted by Gasteiger charge is 1.97. The van der Waals surface area contributed by atoms with Gasteiger partial charge in [-0.15, -0.1) is 5.10 Å². The van der Waals surface area contributed by atoms with E-state index in [9.17, 15) is 0 Å². The molecule has 2 aromatic rings. The molecule has 53 valence electrons. The lowest BCUT2D eigenvalue weighted by atomic mass is 10.2. The maximum atomic E-state index is 4.13. The minimum atomic E-state index is 0.890. The second-order valence-electron chi connectivity index (χ2n) is 1.94. The van der Waals surface area contributed by atoms with Crippen LogP contribution in [0.5, 0.6) is 0 Å². The molecular weight excluding hydrogens is 158 g/mol. The van der Waals surface area contributed by atoms with Gasteiger partial charge in [-0.25, -0.2) is 0 Å². The van der Waals surface area contributed by atoms with Crippen molar-refractivity contribution < 1.29 is 0 Å². The van der Waals surface area contributed by atoms with E-state index in [2.05, 4.69) is 20.8 Å². The standard InChI is InChI=1S/C7H4N3S/c1-3-8-9-5-6(1)7-2-4-11-10-7/h1-4H. The van der Waals surface area contributed by atoms with Crippen LogP contribution in [0.15, 0.2) is 23.7 Å². The van der Waals surface area contributed by atoms with Crippen LogP contribution in [-0.4, -0.2) is 14.6 Å². The molecule has 0 aliphatic rings. The number of aromatic nitrogens is 3. The zero-order valence-electron chi connectivity index (χ0n) is 5.56. The molecular formula is C7H4N3S. The van der Waals surface area contributed by atoms with Crippen LogP contribution in [-0.2, 0) is 0 Å². The molecule has 4 heteroatoms. The molecule has 0 aliphatic carbocycles. The highest BCUT2D eigenvalue weighted by Crippen LogP contribution is 2.14. The van der Waals surface area contributed by atoms with Crippen LogP contribution in [0.1, 0.15) is 0 Å². The Morgan fingerprint density at radius 1 is 1.36 bits per heavy atom. The van der Waals surface area contributed by atoms with Gasteiger partial charge < -0.3 is 0 Å². The molecule has 0 amide bonds. The fourth-order valence-electron chi connectivity index (χ4n) is 0.755. The zero-order valence-corrected chi connectivity index (χ0v) is 6.38. The molecule has 0 bridgehead atoms. The number of rotatable bonds is 1. The van der Waals surface area contributed by atoms with Gasteiger partial charge in [0.2, 0.25) is 0 Å². The van der Waals surface area contributed by atoms with Crippen molar-refractivity contribution in [1.82, 2.24) is 14.6 Å². The summed E-state index contributed by atoms with van der Waals surface area (Å²) in [5, 5.41) is 9.18. The van der Waals surface area contributed by atoms with E-state index >= 15 is 0 Å². The summed E-state index contributed by atoms with van der Waals surface area (Å²) in [6.07, 6.45) is 4.38. The molecule has 0 spiro atoms. The lowest BCUT2D eigenvalue weighted by Crippen LogP contribution is -1.81. The predicted octanol–water partition coefficient (Wildman–Crippen LogP) is 1.40. The molecule has 2 heterocycles. The first-order valence-corrected chi connectivity index (χ1v) is 3.90. The maximum Gasteiger partial charge on any atom is 0.123 e. The van der Waals surface area contributed by atoms with Crippen molar-refractivity contribution >= 4 is 11.5 Å². The fraction of sp³-hybridized carbons (Fsp3) is 0. The molecule has 11 heavy (non-hydrogen) atoms. The van der Waals surface area contributed by atoms with Gasteiger partial charge in [-0.3, -0.25) is 0 Å². The van der Waals surface area contributed by atoms with Crippen LogP contribution in [0.2, 0.25) is 0 Å². The van der Waals surface area contributed by atoms with Gasteiger partial charge >= 0.3 is 0 Å². The van der Waals surface area contributed by atoms with E-state index in [0.717, 1.165) is 11.3 Å². The van der Waals surface area contributed by atoms with E-state index < -0.39 is 0 Å². The summed E-state index contributed by atoms with van der Waals surface area (Å²) >= 11 is 1.42. The molecule has 1 radical (unpaired) electrons. The Kier molecular flexibility index (Phi) is 1.61. The van der Waals surface area contributed by atoms with E-state index in [1.54, 1.807) is 6.20 Å². The van der Waals surface area contributed by atoms with E-state index in [1.807, 2.05) is 17.5 Å². The van der Waals surface area contributed by atoms with Crippen LogP contribution in [0.4, 0.5) is 0 Å². The van der Waals surface area contributed by atoms with Gasteiger partial charge in [0.05, 0.1) is 11.9 Å². The molecule has 0 saturated heterocycles. The van der Waals surface area contributed by atoms with Gasteiger partial charge in [0.15, 0.2) is 0 Å². The Balaban J connectivity index is 2.46. The molecule has 0 fully saturated rings. The van der Waals surface area contributed by atoms with Crippen molar-refractivity contribution in [1.29, 1.82) is 0 Å². The van der Waals surface area contributed by atoms with Gasteiger partial charge in [-0.2, -0.15) is 9.47 Å². The SMILES string of the molecule is [c]1nnccc1-c1ccsn1. The highest BCUT2D eigenvalue weighted by atomic mass is 32.1. The van der Waals surface area contributed by atoms with E-state index in [1.165, 1.54) is 11.5 Å². The summed E-state index contributed by atoms with van der Waals surface area (Å²) in [7, 11) is 0. The van der Waals surface area contributed by atoms with Crippen molar-refractivity contribution in [2.45, 2.75) is 0 Å². The molecule has 0 unspecified atom stereocenters. The van der Waals surface area contributed by atoms with Gasteiger partial charge in [-0.05, 0) is 23.7 Å². The van der Waals surface area contributed by atoms with E-state index in [0.29, 0.717) is 0 Å².